The lowest BCUT2D eigenvalue weighted by Gasteiger charge is -2.24. The zero-order valence-electron chi connectivity index (χ0n) is 10.3. The van der Waals surface area contributed by atoms with Crippen molar-refractivity contribution in [3.8, 4) is 5.75 Å². The summed E-state index contributed by atoms with van der Waals surface area (Å²) in [6.07, 6.45) is 0.349. The van der Waals surface area contributed by atoms with Crippen LogP contribution >= 0.6 is 0 Å². The van der Waals surface area contributed by atoms with Crippen LogP contribution in [0.15, 0.2) is 18.2 Å². The fraction of sp³-hybridized carbons (Fsp3) is 0.385. The van der Waals surface area contributed by atoms with Crippen LogP contribution in [0.5, 0.6) is 5.75 Å². The van der Waals surface area contributed by atoms with E-state index in [2.05, 4.69) is 5.32 Å². The van der Waals surface area contributed by atoms with E-state index in [9.17, 15) is 9.59 Å². The maximum absolute atomic E-state index is 11.2. The van der Waals surface area contributed by atoms with Crippen LogP contribution in [0.25, 0.3) is 0 Å². The van der Waals surface area contributed by atoms with E-state index in [0.717, 1.165) is 5.56 Å². The van der Waals surface area contributed by atoms with Gasteiger partial charge in [0.05, 0.1) is 11.1 Å². The Morgan fingerprint density at radius 2 is 2.22 bits per heavy atom. The first-order valence-electron chi connectivity index (χ1n) is 5.68. The molecule has 0 fully saturated rings. The molecule has 5 nitrogen and oxygen atoms in total. The highest BCUT2D eigenvalue weighted by Gasteiger charge is 2.30. The smallest absolute Gasteiger partial charge is 0.309 e. The van der Waals surface area contributed by atoms with Crippen LogP contribution < -0.4 is 10.1 Å². The first-order valence-corrected chi connectivity index (χ1v) is 5.68. The van der Waals surface area contributed by atoms with Crippen LogP contribution in [-0.2, 0) is 16.0 Å². The summed E-state index contributed by atoms with van der Waals surface area (Å²) in [7, 11) is 0. The first-order chi connectivity index (χ1) is 8.40. The van der Waals surface area contributed by atoms with Crippen molar-refractivity contribution in [2.45, 2.75) is 20.3 Å². The maximum atomic E-state index is 11.2. The molecule has 96 valence electrons. The number of hydrogen-bond donors (Lipinski definition) is 2. The van der Waals surface area contributed by atoms with E-state index < -0.39 is 11.4 Å². The van der Waals surface area contributed by atoms with Crippen molar-refractivity contribution < 1.29 is 19.4 Å². The molecule has 0 aliphatic carbocycles. The van der Waals surface area contributed by atoms with Gasteiger partial charge in [0.15, 0.2) is 6.61 Å². The van der Waals surface area contributed by atoms with Crippen molar-refractivity contribution >= 4 is 17.6 Å². The van der Waals surface area contributed by atoms with E-state index in [1.807, 2.05) is 6.07 Å². The lowest BCUT2D eigenvalue weighted by Crippen LogP contribution is -2.29. The van der Waals surface area contributed by atoms with Gasteiger partial charge >= 0.3 is 5.97 Å². The molecule has 0 aromatic heterocycles. The summed E-state index contributed by atoms with van der Waals surface area (Å²) in [5, 5.41) is 11.8. The van der Waals surface area contributed by atoms with E-state index in [4.69, 9.17) is 9.84 Å². The highest BCUT2D eigenvalue weighted by Crippen LogP contribution is 2.35. The molecule has 0 atom stereocenters. The van der Waals surface area contributed by atoms with Gasteiger partial charge in [0, 0.05) is 0 Å². The van der Waals surface area contributed by atoms with Gasteiger partial charge in [-0.2, -0.15) is 0 Å². The molecular formula is C13H15NO4. The van der Waals surface area contributed by atoms with Crippen LogP contribution in [0.1, 0.15) is 19.4 Å². The summed E-state index contributed by atoms with van der Waals surface area (Å²) in [4.78, 5) is 22.3. The van der Waals surface area contributed by atoms with E-state index in [1.165, 1.54) is 0 Å². The van der Waals surface area contributed by atoms with Gasteiger partial charge in [0.2, 0.25) is 0 Å². The number of carboxylic acid groups (broad SMARTS) is 1. The number of aliphatic carboxylic acids is 1. The Hall–Kier alpha value is -2.04. The summed E-state index contributed by atoms with van der Waals surface area (Å²) in [6, 6.07) is 5.34. The molecule has 1 aliphatic rings. The fourth-order valence-electron chi connectivity index (χ4n) is 1.87. The topological polar surface area (TPSA) is 75.6 Å². The third-order valence-electron chi connectivity index (χ3n) is 2.93. The first kappa shape index (κ1) is 12.4. The average molecular weight is 249 g/mol. The van der Waals surface area contributed by atoms with Gasteiger partial charge in [-0.05, 0) is 31.9 Å². The van der Waals surface area contributed by atoms with E-state index in [-0.39, 0.29) is 12.5 Å². The number of para-hydroxylation sites is 1. The number of fused-ring (bicyclic) bond motifs is 1. The molecule has 5 heteroatoms. The largest absolute Gasteiger partial charge is 0.481 e. The number of benzene rings is 1. The molecule has 1 heterocycles. The third kappa shape index (κ3) is 2.30. The van der Waals surface area contributed by atoms with Gasteiger partial charge < -0.3 is 15.2 Å². The minimum Gasteiger partial charge on any atom is -0.481 e. The van der Waals surface area contributed by atoms with Gasteiger partial charge in [-0.1, -0.05) is 12.1 Å². The summed E-state index contributed by atoms with van der Waals surface area (Å²) in [6.45, 7) is 3.30. The summed E-state index contributed by atoms with van der Waals surface area (Å²) in [5.74, 6) is -0.483. The number of amides is 1. The van der Waals surface area contributed by atoms with Gasteiger partial charge in [-0.3, -0.25) is 9.59 Å². The molecule has 0 bridgehead atoms. The van der Waals surface area contributed by atoms with Crippen molar-refractivity contribution in [3.05, 3.63) is 23.8 Å². The molecule has 1 aromatic rings. The molecule has 1 aliphatic heterocycles. The Labute approximate surface area is 105 Å². The number of rotatable bonds is 3. The number of carbonyl (C=O) groups is 2. The van der Waals surface area contributed by atoms with Gasteiger partial charge in [0.25, 0.3) is 5.91 Å². The Morgan fingerprint density at radius 1 is 1.50 bits per heavy atom. The summed E-state index contributed by atoms with van der Waals surface area (Å²) >= 11 is 0. The Balaban J connectivity index is 2.33. The minimum absolute atomic E-state index is 0.0302. The molecular weight excluding hydrogens is 234 g/mol. The van der Waals surface area contributed by atoms with Crippen molar-refractivity contribution in [2.24, 2.45) is 5.41 Å². The predicted octanol–water partition coefficient (Wildman–Crippen LogP) is 1.67. The number of hydrogen-bond acceptors (Lipinski definition) is 3. The Bertz CT molecular complexity index is 508. The zero-order valence-corrected chi connectivity index (χ0v) is 10.3. The van der Waals surface area contributed by atoms with Crippen LogP contribution in [0, 0.1) is 5.41 Å². The Morgan fingerprint density at radius 3 is 2.89 bits per heavy atom. The van der Waals surface area contributed by atoms with Gasteiger partial charge in [-0.15, -0.1) is 0 Å². The van der Waals surface area contributed by atoms with Crippen LogP contribution in [-0.4, -0.2) is 23.6 Å². The second-order valence-corrected chi connectivity index (χ2v) is 5.00. The molecule has 0 spiro atoms. The van der Waals surface area contributed by atoms with Crippen LogP contribution in [0.3, 0.4) is 0 Å². The number of carbonyl (C=O) groups excluding carboxylic acids is 1. The lowest BCUT2D eigenvalue weighted by molar-refractivity contribution is -0.146. The molecule has 0 saturated heterocycles. The second-order valence-electron chi connectivity index (χ2n) is 5.00. The van der Waals surface area contributed by atoms with Crippen molar-refractivity contribution in [3.63, 3.8) is 0 Å². The van der Waals surface area contributed by atoms with Crippen LogP contribution in [0.4, 0.5) is 5.69 Å². The summed E-state index contributed by atoms with van der Waals surface area (Å²) < 4.78 is 5.39. The Kier molecular flexibility index (Phi) is 2.98. The molecule has 18 heavy (non-hydrogen) atoms. The molecule has 0 saturated carbocycles. The number of anilines is 1. The summed E-state index contributed by atoms with van der Waals surface area (Å²) in [5.41, 5.74) is 0.518. The maximum Gasteiger partial charge on any atom is 0.309 e. The normalized spacial score (nSPS) is 14.4. The zero-order chi connectivity index (χ0) is 13.3. The highest BCUT2D eigenvalue weighted by molar-refractivity contribution is 5.95. The lowest BCUT2D eigenvalue weighted by atomic mass is 9.85. The van der Waals surface area contributed by atoms with E-state index in [0.29, 0.717) is 17.9 Å². The predicted molar refractivity (Wildman–Crippen MR) is 65.7 cm³/mol. The SMILES string of the molecule is CC(C)(Cc1cccc2c1OCC(=O)N2)C(=O)O. The molecule has 2 N–H and O–H groups in total. The number of ether oxygens (including phenoxy) is 1. The molecule has 1 amide bonds. The highest BCUT2D eigenvalue weighted by atomic mass is 16.5. The molecule has 0 radical (unpaired) electrons. The minimum atomic E-state index is -0.875. The average Bonchev–Trinajstić information content (AvgIpc) is 2.28. The van der Waals surface area contributed by atoms with E-state index in [1.54, 1.807) is 26.0 Å². The fourth-order valence-corrected chi connectivity index (χ4v) is 1.87. The quantitative estimate of drug-likeness (QED) is 0.854. The number of carboxylic acids is 1. The molecule has 0 unspecified atom stereocenters. The van der Waals surface area contributed by atoms with Crippen molar-refractivity contribution in [1.82, 2.24) is 0 Å². The van der Waals surface area contributed by atoms with E-state index >= 15 is 0 Å². The molecule has 2 rings (SSSR count). The van der Waals surface area contributed by atoms with Crippen molar-refractivity contribution in [2.75, 3.05) is 11.9 Å². The van der Waals surface area contributed by atoms with Gasteiger partial charge in [0.1, 0.15) is 5.75 Å². The second kappa shape index (κ2) is 4.33. The molecule has 1 aromatic carbocycles. The standard InChI is InChI=1S/C13H15NO4/c1-13(2,12(16)17)6-8-4-3-5-9-11(8)18-7-10(15)14-9/h3-5H,6-7H2,1-2H3,(H,14,15)(H,16,17). The monoisotopic (exact) mass is 249 g/mol. The number of nitrogens with one attached hydrogen (secondary N) is 1. The van der Waals surface area contributed by atoms with Crippen LogP contribution in [0.2, 0.25) is 0 Å². The third-order valence-corrected chi connectivity index (χ3v) is 2.93. The van der Waals surface area contributed by atoms with Gasteiger partial charge in [-0.25, -0.2) is 0 Å². The van der Waals surface area contributed by atoms with Crippen molar-refractivity contribution in [1.29, 1.82) is 0 Å².